The molecule has 4 heteroatoms. The summed E-state index contributed by atoms with van der Waals surface area (Å²) >= 11 is 0. The van der Waals surface area contributed by atoms with Gasteiger partial charge in [-0.15, -0.1) is 0 Å². The Morgan fingerprint density at radius 2 is 2.46 bits per heavy atom. The first-order valence-corrected chi connectivity index (χ1v) is 5.01. The second-order valence-corrected chi connectivity index (χ2v) is 4.18. The van der Waals surface area contributed by atoms with Gasteiger partial charge in [0, 0.05) is 13.1 Å². The first kappa shape index (κ1) is 8.81. The summed E-state index contributed by atoms with van der Waals surface area (Å²) in [4.78, 5) is 4.32. The standard InChI is InChI=1S/C9H18N4/c1-9(6-10,7-2-3-7)13-8-11-4-5-12-8/h7H,2-6,10H2,1H3,(H2,11,12,13). The zero-order valence-electron chi connectivity index (χ0n) is 8.14. The van der Waals surface area contributed by atoms with Crippen molar-refractivity contribution >= 4 is 5.96 Å². The number of hydrogen-bond acceptors (Lipinski definition) is 4. The third-order valence-corrected chi connectivity index (χ3v) is 2.98. The molecule has 0 amide bonds. The molecule has 74 valence electrons. The third kappa shape index (κ3) is 1.77. The Morgan fingerprint density at radius 3 is 2.92 bits per heavy atom. The maximum Gasteiger partial charge on any atom is 0.191 e. The molecule has 4 N–H and O–H groups in total. The van der Waals surface area contributed by atoms with Crippen LogP contribution in [0.1, 0.15) is 19.8 Å². The minimum Gasteiger partial charge on any atom is -0.355 e. The monoisotopic (exact) mass is 182 g/mol. The van der Waals surface area contributed by atoms with Gasteiger partial charge >= 0.3 is 0 Å². The number of nitrogens with two attached hydrogens (primary N) is 1. The van der Waals surface area contributed by atoms with Crippen LogP contribution in [0.25, 0.3) is 0 Å². The van der Waals surface area contributed by atoms with Crippen molar-refractivity contribution in [2.75, 3.05) is 19.6 Å². The molecule has 0 bridgehead atoms. The molecule has 0 spiro atoms. The van der Waals surface area contributed by atoms with Crippen LogP contribution in [0.2, 0.25) is 0 Å². The van der Waals surface area contributed by atoms with Gasteiger partial charge in [-0.3, -0.25) is 4.99 Å². The average Bonchev–Trinajstić information content (AvgIpc) is 2.88. The second-order valence-electron chi connectivity index (χ2n) is 4.18. The first-order chi connectivity index (χ1) is 6.24. The van der Waals surface area contributed by atoms with Crippen LogP contribution < -0.4 is 16.4 Å². The number of nitrogens with one attached hydrogen (secondary N) is 2. The molecule has 4 nitrogen and oxygen atoms in total. The van der Waals surface area contributed by atoms with Gasteiger partial charge in [-0.05, 0) is 25.7 Å². The van der Waals surface area contributed by atoms with Crippen LogP contribution in [0, 0.1) is 5.92 Å². The maximum atomic E-state index is 5.78. The molecular formula is C9H18N4. The van der Waals surface area contributed by atoms with Crippen molar-refractivity contribution in [1.82, 2.24) is 10.6 Å². The fourth-order valence-corrected chi connectivity index (χ4v) is 1.79. The fourth-order valence-electron chi connectivity index (χ4n) is 1.79. The third-order valence-electron chi connectivity index (χ3n) is 2.98. The minimum absolute atomic E-state index is 0.0518. The molecule has 0 radical (unpaired) electrons. The highest BCUT2D eigenvalue weighted by Gasteiger charge is 2.41. The normalized spacial score (nSPS) is 26.2. The van der Waals surface area contributed by atoms with Gasteiger partial charge < -0.3 is 16.4 Å². The lowest BCUT2D eigenvalue weighted by atomic mass is 9.96. The topological polar surface area (TPSA) is 62.4 Å². The number of rotatable bonds is 3. The van der Waals surface area contributed by atoms with E-state index in [9.17, 15) is 0 Å². The Morgan fingerprint density at radius 1 is 1.69 bits per heavy atom. The number of nitrogens with zero attached hydrogens (tertiary/aromatic N) is 1. The predicted molar refractivity (Wildman–Crippen MR) is 53.6 cm³/mol. The molecule has 1 unspecified atom stereocenters. The molecule has 1 aliphatic heterocycles. The SMILES string of the molecule is CC(CN)(NC1=NCCN1)C1CC1. The lowest BCUT2D eigenvalue weighted by Crippen LogP contribution is -2.55. The number of guanidine groups is 1. The molecule has 1 saturated carbocycles. The Balaban J connectivity index is 1.96. The van der Waals surface area contributed by atoms with E-state index in [1.54, 1.807) is 0 Å². The number of aliphatic imine (C=N–C) groups is 1. The largest absolute Gasteiger partial charge is 0.355 e. The first-order valence-electron chi connectivity index (χ1n) is 5.01. The van der Waals surface area contributed by atoms with Gasteiger partial charge in [-0.2, -0.15) is 0 Å². The predicted octanol–water partition coefficient (Wildman–Crippen LogP) is -0.337. The molecule has 1 fully saturated rings. The molecule has 1 aliphatic carbocycles. The molecular weight excluding hydrogens is 164 g/mol. The van der Waals surface area contributed by atoms with E-state index < -0.39 is 0 Å². The van der Waals surface area contributed by atoms with Crippen molar-refractivity contribution in [2.24, 2.45) is 16.6 Å². The van der Waals surface area contributed by atoms with Crippen LogP contribution in [-0.4, -0.2) is 31.1 Å². The van der Waals surface area contributed by atoms with Gasteiger partial charge in [0.1, 0.15) is 0 Å². The molecule has 1 atom stereocenters. The van der Waals surface area contributed by atoms with E-state index in [1.165, 1.54) is 12.8 Å². The van der Waals surface area contributed by atoms with Crippen LogP contribution in [0.5, 0.6) is 0 Å². The van der Waals surface area contributed by atoms with E-state index in [0.717, 1.165) is 25.0 Å². The maximum absolute atomic E-state index is 5.78. The molecule has 0 aromatic heterocycles. The summed E-state index contributed by atoms with van der Waals surface area (Å²) in [7, 11) is 0. The Bertz CT molecular complexity index is 222. The Hall–Kier alpha value is -0.770. The molecule has 2 rings (SSSR count). The van der Waals surface area contributed by atoms with Gasteiger partial charge in [0.15, 0.2) is 5.96 Å². The molecule has 0 aromatic carbocycles. The molecule has 0 aromatic rings. The van der Waals surface area contributed by atoms with Gasteiger partial charge in [0.2, 0.25) is 0 Å². The highest BCUT2D eigenvalue weighted by atomic mass is 15.2. The van der Waals surface area contributed by atoms with Crippen molar-refractivity contribution < 1.29 is 0 Å². The highest BCUT2D eigenvalue weighted by molar-refractivity contribution is 5.82. The van der Waals surface area contributed by atoms with Gasteiger partial charge in [-0.1, -0.05) is 0 Å². The quantitative estimate of drug-likeness (QED) is 0.559. The van der Waals surface area contributed by atoms with E-state index >= 15 is 0 Å². The summed E-state index contributed by atoms with van der Waals surface area (Å²) < 4.78 is 0. The zero-order chi connectivity index (χ0) is 9.31. The van der Waals surface area contributed by atoms with Crippen molar-refractivity contribution in [2.45, 2.75) is 25.3 Å². The highest BCUT2D eigenvalue weighted by Crippen LogP contribution is 2.38. The summed E-state index contributed by atoms with van der Waals surface area (Å²) in [5, 5.41) is 6.63. The molecule has 0 saturated heterocycles. The van der Waals surface area contributed by atoms with Crippen LogP contribution >= 0.6 is 0 Å². The molecule has 13 heavy (non-hydrogen) atoms. The van der Waals surface area contributed by atoms with E-state index in [0.29, 0.717) is 6.54 Å². The Labute approximate surface area is 79.0 Å². The van der Waals surface area contributed by atoms with Crippen LogP contribution in [0.4, 0.5) is 0 Å². The lowest BCUT2D eigenvalue weighted by molar-refractivity contribution is 0.370. The van der Waals surface area contributed by atoms with E-state index in [-0.39, 0.29) is 5.54 Å². The fraction of sp³-hybridized carbons (Fsp3) is 0.889. The van der Waals surface area contributed by atoms with Crippen molar-refractivity contribution in [3.8, 4) is 0 Å². The Kier molecular flexibility index (Phi) is 2.15. The van der Waals surface area contributed by atoms with Gasteiger partial charge in [0.05, 0.1) is 12.1 Å². The van der Waals surface area contributed by atoms with Crippen molar-refractivity contribution in [3.63, 3.8) is 0 Å². The summed E-state index contributed by atoms with van der Waals surface area (Å²) in [6, 6.07) is 0. The van der Waals surface area contributed by atoms with Crippen LogP contribution in [-0.2, 0) is 0 Å². The van der Waals surface area contributed by atoms with Gasteiger partial charge in [0.25, 0.3) is 0 Å². The number of hydrogen-bond donors (Lipinski definition) is 3. The van der Waals surface area contributed by atoms with Crippen molar-refractivity contribution in [3.05, 3.63) is 0 Å². The molecule has 2 aliphatic rings. The average molecular weight is 182 g/mol. The summed E-state index contributed by atoms with van der Waals surface area (Å²) in [6.07, 6.45) is 2.60. The summed E-state index contributed by atoms with van der Waals surface area (Å²) in [6.45, 7) is 4.70. The van der Waals surface area contributed by atoms with Gasteiger partial charge in [-0.25, -0.2) is 0 Å². The van der Waals surface area contributed by atoms with Crippen molar-refractivity contribution in [1.29, 1.82) is 0 Å². The second kappa shape index (κ2) is 3.18. The van der Waals surface area contributed by atoms with E-state index in [1.807, 2.05) is 0 Å². The smallest absolute Gasteiger partial charge is 0.191 e. The summed E-state index contributed by atoms with van der Waals surface area (Å²) in [5.41, 5.74) is 5.83. The summed E-state index contributed by atoms with van der Waals surface area (Å²) in [5.74, 6) is 1.67. The molecule has 1 heterocycles. The van der Waals surface area contributed by atoms with Crippen LogP contribution in [0.3, 0.4) is 0 Å². The lowest BCUT2D eigenvalue weighted by Gasteiger charge is -2.30. The minimum atomic E-state index is 0.0518. The zero-order valence-corrected chi connectivity index (χ0v) is 8.14. The van der Waals surface area contributed by atoms with E-state index in [4.69, 9.17) is 5.73 Å². The van der Waals surface area contributed by atoms with E-state index in [2.05, 4.69) is 22.5 Å². The van der Waals surface area contributed by atoms with Crippen LogP contribution in [0.15, 0.2) is 4.99 Å².